The second-order valence-electron chi connectivity index (χ2n) is 19.6. The Morgan fingerprint density at radius 1 is 0.157 bits per heavy atom. The molecule has 420 valence electrons. The van der Waals surface area contributed by atoms with Crippen LogP contribution < -0.4 is 74.4 Å². The third-order valence-corrected chi connectivity index (χ3v) is 12.7. The van der Waals surface area contributed by atoms with Gasteiger partial charge in [-0.2, -0.15) is 0 Å². The molecule has 0 atom stereocenters. The minimum absolute atomic E-state index is 0.973. The van der Waals surface area contributed by atoms with Gasteiger partial charge in [-0.25, -0.2) is 0 Å². The molecule has 0 saturated carbocycles. The highest BCUT2D eigenvalue weighted by atomic mass is 14.9. The zero-order chi connectivity index (χ0) is 50.1. The van der Waals surface area contributed by atoms with Crippen molar-refractivity contribution in [2.45, 2.75) is 168 Å². The Balaban J connectivity index is 3.11. The lowest BCUT2D eigenvalue weighted by atomic mass is 10.2. The van der Waals surface area contributed by atoms with E-state index in [1.54, 1.807) is 0 Å². The summed E-state index contributed by atoms with van der Waals surface area (Å²) in [5.41, 5.74) is 0. The van der Waals surface area contributed by atoms with Gasteiger partial charge in [-0.05, 0) is 324 Å². The summed E-state index contributed by atoms with van der Waals surface area (Å²) in [5, 5.41) is 50.0. The third kappa shape index (κ3) is 67.2. The van der Waals surface area contributed by atoms with Crippen molar-refractivity contribution in [2.24, 2.45) is 0 Å². The Labute approximate surface area is 436 Å². The van der Waals surface area contributed by atoms with Crippen molar-refractivity contribution in [1.82, 2.24) is 74.4 Å². The van der Waals surface area contributed by atoms with Crippen LogP contribution in [-0.2, 0) is 0 Å². The van der Waals surface area contributed by atoms with Gasteiger partial charge < -0.3 is 74.4 Å². The first-order valence-electron chi connectivity index (χ1n) is 30.5. The summed E-state index contributed by atoms with van der Waals surface area (Å²) in [5.74, 6) is 0. The van der Waals surface area contributed by atoms with Crippen molar-refractivity contribution in [3.8, 4) is 0 Å². The van der Waals surface area contributed by atoms with Crippen LogP contribution in [0.2, 0.25) is 0 Å². The van der Waals surface area contributed by atoms with Crippen LogP contribution in [0.5, 0.6) is 0 Å². The van der Waals surface area contributed by atoms with Gasteiger partial charge in [0.1, 0.15) is 0 Å². The van der Waals surface area contributed by atoms with Crippen molar-refractivity contribution < 1.29 is 0 Å². The number of nitrogens with one attached hydrogen (secondary N) is 14. The highest BCUT2D eigenvalue weighted by molar-refractivity contribution is 4.85. The van der Waals surface area contributed by atoms with Crippen LogP contribution in [-0.4, -0.2) is 183 Å². The van der Waals surface area contributed by atoms with Gasteiger partial charge in [-0.3, -0.25) is 0 Å². The SMILES string of the molecule is CCNCCCCNCCCCNCCCCNCCCCNCCCCNCCCCNC/C=C/CNCCCCNCCCCNCCCCNCCCCNCCCCNCCCCNCC. The first kappa shape index (κ1) is 69.2. The second kappa shape index (κ2) is 68.2. The highest BCUT2D eigenvalue weighted by Crippen LogP contribution is 1.95. The molecule has 0 radical (unpaired) electrons. The van der Waals surface area contributed by atoms with Gasteiger partial charge in [-0.15, -0.1) is 0 Å². The number of hydrogen-bond donors (Lipinski definition) is 14. The standard InChI is InChI=1S/C56H126N14/c1-3-57-31-5-7-33-59-35-9-11-37-61-39-13-15-41-63-43-17-19-45-65-47-21-23-49-67-51-25-27-53-69-55-29-30-56-70-54-28-26-52-68-50-24-22-48-66-46-20-18-44-64-42-16-14-40-62-38-12-10-36-60-34-8-6-32-58-4-2/h29-30,57-70H,3-28,31-56H2,1-2H3/b30-29+. The summed E-state index contributed by atoms with van der Waals surface area (Å²) in [6.07, 6.45) is 35.0. The molecule has 14 heteroatoms. The molecule has 0 spiro atoms. The molecule has 0 aliphatic rings. The Bertz CT molecular complexity index is 850. The smallest absolute Gasteiger partial charge is 0.0135 e. The maximum absolute atomic E-state index is 3.63. The molecule has 14 nitrogen and oxygen atoms in total. The first-order valence-corrected chi connectivity index (χ1v) is 30.5. The largest absolute Gasteiger partial charge is 0.317 e. The normalized spacial score (nSPS) is 11.9. The fourth-order valence-electron chi connectivity index (χ4n) is 8.14. The molecule has 0 heterocycles. The summed E-state index contributed by atoms with van der Waals surface area (Å²) in [6, 6.07) is 0. The quantitative estimate of drug-likeness (QED) is 0.0284. The summed E-state index contributed by atoms with van der Waals surface area (Å²) in [7, 11) is 0. The minimum atomic E-state index is 0.973. The van der Waals surface area contributed by atoms with E-state index < -0.39 is 0 Å². The lowest BCUT2D eigenvalue weighted by Gasteiger charge is -2.08. The molecule has 70 heavy (non-hydrogen) atoms. The van der Waals surface area contributed by atoms with Crippen LogP contribution in [0.15, 0.2) is 12.2 Å². The maximum Gasteiger partial charge on any atom is 0.0135 e. The van der Waals surface area contributed by atoms with Crippen LogP contribution in [0, 0.1) is 0 Å². The van der Waals surface area contributed by atoms with E-state index in [0.29, 0.717) is 0 Å². The van der Waals surface area contributed by atoms with Crippen LogP contribution in [0.4, 0.5) is 0 Å². The lowest BCUT2D eigenvalue weighted by molar-refractivity contribution is 0.531. The molecule has 0 aliphatic carbocycles. The molecule has 0 aromatic heterocycles. The topological polar surface area (TPSA) is 168 Å². The molecule has 0 aromatic rings. The van der Waals surface area contributed by atoms with Crippen molar-refractivity contribution in [2.75, 3.05) is 183 Å². The Kier molecular flexibility index (Phi) is 67.4. The van der Waals surface area contributed by atoms with E-state index in [0.717, 1.165) is 183 Å². The average molecular weight is 996 g/mol. The summed E-state index contributed by atoms with van der Waals surface area (Å²) < 4.78 is 0. The van der Waals surface area contributed by atoms with Gasteiger partial charge in [-0.1, -0.05) is 26.0 Å². The number of unbranched alkanes of at least 4 members (excludes halogenated alkanes) is 12. The van der Waals surface area contributed by atoms with Crippen molar-refractivity contribution in [1.29, 1.82) is 0 Å². The van der Waals surface area contributed by atoms with Crippen LogP contribution in [0.3, 0.4) is 0 Å². The molecule has 0 aliphatic heterocycles. The lowest BCUT2D eigenvalue weighted by Crippen LogP contribution is -2.23. The summed E-state index contributed by atoms with van der Waals surface area (Å²) >= 11 is 0. The zero-order valence-corrected chi connectivity index (χ0v) is 46.9. The van der Waals surface area contributed by atoms with E-state index in [9.17, 15) is 0 Å². The fourth-order valence-corrected chi connectivity index (χ4v) is 8.14. The average Bonchev–Trinajstić information content (AvgIpc) is 3.37. The van der Waals surface area contributed by atoms with Crippen molar-refractivity contribution in [3.63, 3.8) is 0 Å². The Hall–Kier alpha value is -0.820. The van der Waals surface area contributed by atoms with Crippen LogP contribution in [0.25, 0.3) is 0 Å². The molecular weight excluding hydrogens is 869 g/mol. The molecule has 14 N–H and O–H groups in total. The predicted octanol–water partition coefficient (Wildman–Crippen LogP) is 5.20. The van der Waals surface area contributed by atoms with Crippen LogP contribution in [0.1, 0.15) is 168 Å². The van der Waals surface area contributed by atoms with E-state index in [2.05, 4.69) is 100 Å². The van der Waals surface area contributed by atoms with Crippen molar-refractivity contribution >= 4 is 0 Å². The molecule has 0 fully saturated rings. The number of hydrogen-bond acceptors (Lipinski definition) is 14. The monoisotopic (exact) mass is 995 g/mol. The third-order valence-electron chi connectivity index (χ3n) is 12.7. The first-order chi connectivity index (χ1) is 34.9. The fraction of sp³-hybridized carbons (Fsp3) is 0.964. The molecule has 0 aromatic carbocycles. The Morgan fingerprint density at radius 3 is 0.400 bits per heavy atom. The molecular formula is C56H126N14. The van der Waals surface area contributed by atoms with Crippen LogP contribution >= 0.6 is 0 Å². The van der Waals surface area contributed by atoms with Gasteiger partial charge in [0, 0.05) is 13.1 Å². The minimum Gasteiger partial charge on any atom is -0.317 e. The van der Waals surface area contributed by atoms with Gasteiger partial charge in [0.2, 0.25) is 0 Å². The highest BCUT2D eigenvalue weighted by Gasteiger charge is 1.98. The Morgan fingerprint density at radius 2 is 0.271 bits per heavy atom. The molecule has 0 rings (SSSR count). The van der Waals surface area contributed by atoms with E-state index >= 15 is 0 Å². The maximum atomic E-state index is 3.63. The second-order valence-corrected chi connectivity index (χ2v) is 19.6. The summed E-state index contributed by atoms with van der Waals surface area (Å²) in [6.45, 7) is 36.0. The van der Waals surface area contributed by atoms with Gasteiger partial charge in [0.05, 0.1) is 0 Å². The molecule has 0 saturated heterocycles. The van der Waals surface area contributed by atoms with E-state index in [1.807, 2.05) is 0 Å². The van der Waals surface area contributed by atoms with E-state index in [1.165, 1.54) is 154 Å². The van der Waals surface area contributed by atoms with Gasteiger partial charge in [0.25, 0.3) is 0 Å². The van der Waals surface area contributed by atoms with Gasteiger partial charge >= 0.3 is 0 Å². The summed E-state index contributed by atoms with van der Waals surface area (Å²) in [4.78, 5) is 0. The zero-order valence-electron chi connectivity index (χ0n) is 46.9. The molecule has 0 amide bonds. The van der Waals surface area contributed by atoms with Gasteiger partial charge in [0.15, 0.2) is 0 Å². The molecule has 0 bridgehead atoms. The van der Waals surface area contributed by atoms with E-state index in [-0.39, 0.29) is 0 Å². The predicted molar refractivity (Wildman–Crippen MR) is 311 cm³/mol. The number of rotatable bonds is 66. The van der Waals surface area contributed by atoms with Crippen molar-refractivity contribution in [3.05, 3.63) is 12.2 Å². The van der Waals surface area contributed by atoms with E-state index in [4.69, 9.17) is 0 Å². The molecule has 0 unspecified atom stereocenters.